The fourth-order valence-corrected chi connectivity index (χ4v) is 0.367. The molecule has 0 radical (unpaired) electrons. The summed E-state index contributed by atoms with van der Waals surface area (Å²) < 4.78 is 38.7. The van der Waals surface area contributed by atoms with Gasteiger partial charge in [-0.2, -0.15) is 13.2 Å². The fourth-order valence-electron chi connectivity index (χ4n) is 0.367. The summed E-state index contributed by atoms with van der Waals surface area (Å²) in [5.74, 6) is 0. The highest BCUT2D eigenvalue weighted by atomic mass is 19.4. The van der Waals surface area contributed by atoms with Gasteiger partial charge in [0.25, 0.3) is 0 Å². The minimum atomic E-state index is -4.14. The van der Waals surface area contributed by atoms with Crippen LogP contribution >= 0.6 is 0 Å². The summed E-state index contributed by atoms with van der Waals surface area (Å²) in [4.78, 5) is 0. The molecule has 0 spiro atoms. The highest BCUT2D eigenvalue weighted by Crippen LogP contribution is 2.11. The zero-order valence-corrected chi connectivity index (χ0v) is 5.66. The van der Waals surface area contributed by atoms with Gasteiger partial charge in [-0.05, 0) is 6.92 Å². The van der Waals surface area contributed by atoms with Crippen LogP contribution in [0.4, 0.5) is 13.2 Å². The Hall–Kier alpha value is -0.290. The van der Waals surface area contributed by atoms with Crippen LogP contribution in [0.5, 0.6) is 0 Å². The van der Waals surface area contributed by atoms with Crippen molar-refractivity contribution in [3.63, 3.8) is 0 Å². The molecule has 0 aromatic rings. The van der Waals surface area contributed by atoms with Crippen LogP contribution in [0.1, 0.15) is 6.92 Å². The normalized spacial score (nSPS) is 12.0. The molecule has 0 bridgehead atoms. The van der Waals surface area contributed by atoms with Crippen molar-refractivity contribution >= 4 is 0 Å². The van der Waals surface area contributed by atoms with Crippen LogP contribution < -0.4 is 5.32 Å². The minimum absolute atomic E-state index is 0.0456. The monoisotopic (exact) mass is 157 g/mol. The lowest BCUT2D eigenvalue weighted by atomic mass is 10.6. The van der Waals surface area contributed by atoms with E-state index in [-0.39, 0.29) is 6.73 Å². The number of alkyl halides is 3. The van der Waals surface area contributed by atoms with Crippen LogP contribution in [0, 0.1) is 0 Å². The lowest BCUT2D eigenvalue weighted by molar-refractivity contribution is -0.128. The number of ether oxygens (including phenoxy) is 1. The number of halogens is 3. The first-order valence-electron chi connectivity index (χ1n) is 2.91. The van der Waals surface area contributed by atoms with Crippen LogP contribution in [0.25, 0.3) is 0 Å². The van der Waals surface area contributed by atoms with Crippen molar-refractivity contribution in [1.82, 2.24) is 5.32 Å². The number of rotatable bonds is 4. The third-order valence-electron chi connectivity index (χ3n) is 0.734. The molecule has 0 unspecified atom stereocenters. The van der Waals surface area contributed by atoms with E-state index < -0.39 is 12.7 Å². The minimum Gasteiger partial charge on any atom is -0.367 e. The largest absolute Gasteiger partial charge is 0.401 e. The van der Waals surface area contributed by atoms with E-state index in [1.807, 2.05) is 0 Å². The van der Waals surface area contributed by atoms with E-state index in [1.165, 1.54) is 0 Å². The molecule has 0 aliphatic carbocycles. The maximum absolute atomic E-state index is 11.4. The second-order valence-electron chi connectivity index (χ2n) is 1.68. The standard InChI is InChI=1S/C5H10F3NO/c1-2-10-4-9-3-5(6,7)8/h9H,2-4H2,1H3. The van der Waals surface area contributed by atoms with Gasteiger partial charge < -0.3 is 4.74 Å². The van der Waals surface area contributed by atoms with Crippen molar-refractivity contribution in [2.45, 2.75) is 13.1 Å². The zero-order chi connectivity index (χ0) is 8.04. The molecule has 0 amide bonds. The molecule has 0 aromatic heterocycles. The Labute approximate surface area is 57.4 Å². The van der Waals surface area contributed by atoms with Gasteiger partial charge in [-0.1, -0.05) is 0 Å². The average Bonchev–Trinajstić information content (AvgIpc) is 1.78. The molecule has 0 heterocycles. The Morgan fingerprint density at radius 1 is 1.40 bits per heavy atom. The molecule has 0 atom stereocenters. The summed E-state index contributed by atoms with van der Waals surface area (Å²) in [6, 6.07) is 0. The van der Waals surface area contributed by atoms with Crippen molar-refractivity contribution < 1.29 is 17.9 Å². The smallest absolute Gasteiger partial charge is 0.367 e. The maximum atomic E-state index is 11.4. The summed E-state index contributed by atoms with van der Waals surface area (Å²) in [5.41, 5.74) is 0. The van der Waals surface area contributed by atoms with E-state index >= 15 is 0 Å². The Bertz CT molecular complexity index is 83.5. The summed E-state index contributed by atoms with van der Waals surface area (Å²) in [6.45, 7) is 1.10. The molecule has 0 aliphatic rings. The summed E-state index contributed by atoms with van der Waals surface area (Å²) >= 11 is 0. The molecule has 10 heavy (non-hydrogen) atoms. The quantitative estimate of drug-likeness (QED) is 0.488. The third-order valence-corrected chi connectivity index (χ3v) is 0.734. The molecule has 0 saturated carbocycles. The van der Waals surface area contributed by atoms with Crippen molar-refractivity contribution in [3.05, 3.63) is 0 Å². The molecule has 0 fully saturated rings. The topological polar surface area (TPSA) is 21.3 Å². The van der Waals surface area contributed by atoms with E-state index in [0.717, 1.165) is 0 Å². The van der Waals surface area contributed by atoms with Crippen molar-refractivity contribution in [1.29, 1.82) is 0 Å². The van der Waals surface area contributed by atoms with Crippen molar-refractivity contribution in [2.24, 2.45) is 0 Å². The Balaban J connectivity index is 3.04. The highest BCUT2D eigenvalue weighted by Gasteiger charge is 2.25. The fraction of sp³-hybridized carbons (Fsp3) is 1.00. The van der Waals surface area contributed by atoms with Gasteiger partial charge in [0, 0.05) is 6.61 Å². The average molecular weight is 157 g/mol. The maximum Gasteiger partial charge on any atom is 0.401 e. The van der Waals surface area contributed by atoms with Gasteiger partial charge in [0.15, 0.2) is 0 Å². The van der Waals surface area contributed by atoms with Gasteiger partial charge in [-0.3, -0.25) is 5.32 Å². The third kappa shape index (κ3) is 7.71. The second kappa shape index (κ2) is 4.51. The predicted molar refractivity (Wildman–Crippen MR) is 30.6 cm³/mol. The lowest BCUT2D eigenvalue weighted by Crippen LogP contribution is -2.30. The van der Waals surface area contributed by atoms with Crippen molar-refractivity contribution in [2.75, 3.05) is 19.9 Å². The second-order valence-corrected chi connectivity index (χ2v) is 1.68. The van der Waals surface area contributed by atoms with Crippen LogP contribution in [0.15, 0.2) is 0 Å². The van der Waals surface area contributed by atoms with Crippen molar-refractivity contribution in [3.8, 4) is 0 Å². The molecule has 0 aliphatic heterocycles. The summed E-state index contributed by atoms with van der Waals surface area (Å²) in [6.07, 6.45) is -4.14. The van der Waals surface area contributed by atoms with Gasteiger partial charge in [0.2, 0.25) is 0 Å². The first kappa shape index (κ1) is 9.71. The molecule has 0 saturated heterocycles. The predicted octanol–water partition coefficient (Wildman–Crippen LogP) is 1.13. The molecular weight excluding hydrogens is 147 g/mol. The number of hydrogen-bond donors (Lipinski definition) is 1. The highest BCUT2D eigenvalue weighted by molar-refractivity contribution is 4.51. The lowest BCUT2D eigenvalue weighted by Gasteiger charge is -2.06. The molecular formula is C5H10F3NO. The van der Waals surface area contributed by atoms with E-state index in [9.17, 15) is 13.2 Å². The number of hydrogen-bond acceptors (Lipinski definition) is 2. The Kier molecular flexibility index (Phi) is 4.38. The van der Waals surface area contributed by atoms with Crippen LogP contribution in [-0.2, 0) is 4.74 Å². The van der Waals surface area contributed by atoms with E-state index in [0.29, 0.717) is 6.61 Å². The van der Waals surface area contributed by atoms with E-state index in [1.54, 1.807) is 6.92 Å². The van der Waals surface area contributed by atoms with Crippen LogP contribution in [0.2, 0.25) is 0 Å². The van der Waals surface area contributed by atoms with Gasteiger partial charge in [0.1, 0.15) is 0 Å². The molecule has 1 N–H and O–H groups in total. The van der Waals surface area contributed by atoms with E-state index in [4.69, 9.17) is 0 Å². The Morgan fingerprint density at radius 3 is 2.40 bits per heavy atom. The molecule has 0 aromatic carbocycles. The molecule has 0 rings (SSSR count). The SMILES string of the molecule is CCOCNCC(F)(F)F. The van der Waals surface area contributed by atoms with Crippen LogP contribution in [0.3, 0.4) is 0 Å². The zero-order valence-electron chi connectivity index (χ0n) is 5.66. The van der Waals surface area contributed by atoms with Gasteiger partial charge >= 0.3 is 6.18 Å². The molecule has 62 valence electrons. The van der Waals surface area contributed by atoms with E-state index in [2.05, 4.69) is 10.1 Å². The summed E-state index contributed by atoms with van der Waals surface area (Å²) in [5, 5.41) is 2.08. The van der Waals surface area contributed by atoms with Gasteiger partial charge in [-0.25, -0.2) is 0 Å². The van der Waals surface area contributed by atoms with Gasteiger partial charge in [0.05, 0.1) is 13.3 Å². The van der Waals surface area contributed by atoms with Gasteiger partial charge in [-0.15, -0.1) is 0 Å². The first-order chi connectivity index (χ1) is 4.56. The molecule has 2 nitrogen and oxygen atoms in total. The summed E-state index contributed by atoms with van der Waals surface area (Å²) in [7, 11) is 0. The first-order valence-corrected chi connectivity index (χ1v) is 2.91. The Morgan fingerprint density at radius 2 is 2.00 bits per heavy atom. The number of nitrogens with one attached hydrogen (secondary N) is 1. The molecule has 5 heteroatoms. The van der Waals surface area contributed by atoms with Crippen LogP contribution in [-0.4, -0.2) is 26.1 Å².